The summed E-state index contributed by atoms with van der Waals surface area (Å²) in [5, 5.41) is 0.720. The molecule has 0 saturated heterocycles. The van der Waals surface area contributed by atoms with Gasteiger partial charge in [-0.3, -0.25) is 0 Å². The Bertz CT molecular complexity index is 477. The van der Waals surface area contributed by atoms with Gasteiger partial charge in [0.05, 0.1) is 7.11 Å². The molecule has 80 valence electrons. The van der Waals surface area contributed by atoms with Crippen LogP contribution in [-0.4, -0.2) is 7.11 Å². The van der Waals surface area contributed by atoms with Crippen LogP contribution in [0.15, 0.2) is 54.6 Å². The summed E-state index contributed by atoms with van der Waals surface area (Å²) in [6.07, 6.45) is 0. The third-order valence-corrected chi connectivity index (χ3v) is 3.40. The summed E-state index contributed by atoms with van der Waals surface area (Å²) in [5.74, 6) is 0. The van der Waals surface area contributed by atoms with E-state index in [1.54, 1.807) is 0 Å². The molecule has 1 unspecified atom stereocenters. The number of benzene rings is 2. The van der Waals surface area contributed by atoms with Crippen LogP contribution in [0.25, 0.3) is 11.1 Å². The Morgan fingerprint density at radius 3 is 2.00 bits per heavy atom. The molecular formula is C13H12O2P+. The van der Waals surface area contributed by atoms with Gasteiger partial charge in [0.2, 0.25) is 5.30 Å². The maximum absolute atomic E-state index is 11.4. The lowest BCUT2D eigenvalue weighted by Crippen LogP contribution is -1.95. The van der Waals surface area contributed by atoms with Gasteiger partial charge in [-0.1, -0.05) is 30.3 Å². The van der Waals surface area contributed by atoms with Crippen LogP contribution in [0, 0.1) is 0 Å². The monoisotopic (exact) mass is 231 g/mol. The first-order chi connectivity index (χ1) is 7.81. The average molecular weight is 231 g/mol. The Morgan fingerprint density at radius 2 is 1.44 bits per heavy atom. The summed E-state index contributed by atoms with van der Waals surface area (Å²) in [7, 11) is -0.257. The van der Waals surface area contributed by atoms with Crippen molar-refractivity contribution in [1.82, 2.24) is 0 Å². The summed E-state index contributed by atoms with van der Waals surface area (Å²) in [4.78, 5) is 0. The number of hydrogen-bond donors (Lipinski definition) is 0. The van der Waals surface area contributed by atoms with Crippen molar-refractivity contribution in [2.24, 2.45) is 0 Å². The largest absolute Gasteiger partial charge is 0.548 e. The van der Waals surface area contributed by atoms with Gasteiger partial charge < -0.3 is 0 Å². The van der Waals surface area contributed by atoms with Crippen molar-refractivity contribution in [1.29, 1.82) is 0 Å². The van der Waals surface area contributed by atoms with E-state index in [2.05, 4.69) is 0 Å². The number of rotatable bonds is 3. The summed E-state index contributed by atoms with van der Waals surface area (Å²) in [5.41, 5.74) is 2.27. The van der Waals surface area contributed by atoms with Crippen molar-refractivity contribution in [2.75, 3.05) is 7.11 Å². The Labute approximate surface area is 95.8 Å². The van der Waals surface area contributed by atoms with Crippen molar-refractivity contribution in [3.8, 4) is 11.1 Å². The highest BCUT2D eigenvalue weighted by Gasteiger charge is 2.18. The second-order valence-corrected chi connectivity index (χ2v) is 4.75. The highest BCUT2D eigenvalue weighted by molar-refractivity contribution is 7.48. The molecule has 0 aliphatic rings. The maximum Gasteiger partial charge on any atom is 0.548 e. The molecule has 0 heterocycles. The minimum Gasteiger partial charge on any atom is -0.145 e. The zero-order valence-electron chi connectivity index (χ0n) is 8.96. The van der Waals surface area contributed by atoms with Crippen molar-refractivity contribution in [3.63, 3.8) is 0 Å². The first-order valence-corrected chi connectivity index (χ1v) is 6.16. The molecule has 0 N–H and O–H groups in total. The van der Waals surface area contributed by atoms with Crippen molar-refractivity contribution < 1.29 is 9.09 Å². The quantitative estimate of drug-likeness (QED) is 0.757. The molecule has 0 aliphatic carbocycles. The van der Waals surface area contributed by atoms with Crippen LogP contribution in [0.3, 0.4) is 0 Å². The predicted molar refractivity (Wildman–Crippen MR) is 66.1 cm³/mol. The van der Waals surface area contributed by atoms with Gasteiger partial charge in [-0.2, -0.15) is 0 Å². The molecule has 2 aromatic carbocycles. The van der Waals surface area contributed by atoms with Gasteiger partial charge >= 0.3 is 8.03 Å². The van der Waals surface area contributed by atoms with Crippen molar-refractivity contribution in [2.45, 2.75) is 0 Å². The number of hydrogen-bond acceptors (Lipinski definition) is 2. The molecule has 0 bridgehead atoms. The highest BCUT2D eigenvalue weighted by Crippen LogP contribution is 2.23. The van der Waals surface area contributed by atoms with Crippen LogP contribution in [0.5, 0.6) is 0 Å². The minimum atomic E-state index is -1.70. The fourth-order valence-electron chi connectivity index (χ4n) is 1.51. The molecule has 2 nitrogen and oxygen atoms in total. The molecule has 0 spiro atoms. The van der Waals surface area contributed by atoms with E-state index in [0.29, 0.717) is 0 Å². The third-order valence-electron chi connectivity index (χ3n) is 2.35. The van der Waals surface area contributed by atoms with Gasteiger partial charge in [-0.15, -0.1) is 4.52 Å². The Morgan fingerprint density at radius 1 is 0.875 bits per heavy atom. The van der Waals surface area contributed by atoms with Crippen LogP contribution >= 0.6 is 8.03 Å². The van der Waals surface area contributed by atoms with Crippen molar-refractivity contribution >= 4 is 13.3 Å². The summed E-state index contributed by atoms with van der Waals surface area (Å²) >= 11 is 0. The van der Waals surface area contributed by atoms with E-state index in [1.165, 1.54) is 7.11 Å². The molecule has 1 atom stereocenters. The fourth-order valence-corrected chi connectivity index (χ4v) is 2.11. The molecule has 2 rings (SSSR count). The molecule has 0 radical (unpaired) electrons. The van der Waals surface area contributed by atoms with Crippen LogP contribution < -0.4 is 5.30 Å². The SMILES string of the molecule is CO[P+](=O)c1ccc(-c2ccccc2)cc1. The van der Waals surface area contributed by atoms with Gasteiger partial charge in [0.25, 0.3) is 0 Å². The molecule has 2 aromatic rings. The zero-order valence-corrected chi connectivity index (χ0v) is 9.85. The average Bonchev–Trinajstić information content (AvgIpc) is 2.39. The molecule has 0 aromatic heterocycles. The lowest BCUT2D eigenvalue weighted by molar-refractivity contribution is 0.423. The van der Waals surface area contributed by atoms with E-state index in [1.807, 2.05) is 54.6 Å². The Kier molecular flexibility index (Phi) is 3.45. The first-order valence-electron chi connectivity index (χ1n) is 4.98. The molecule has 0 amide bonds. The minimum absolute atomic E-state index is 0.720. The zero-order chi connectivity index (χ0) is 11.4. The standard InChI is InChI=1S/C13H12O2P/c1-15-16(14)13-9-7-12(8-10-13)11-5-3-2-4-6-11/h2-10H,1H3/q+1. The van der Waals surface area contributed by atoms with Gasteiger partial charge in [0.15, 0.2) is 0 Å². The van der Waals surface area contributed by atoms with Crippen LogP contribution in [-0.2, 0) is 9.09 Å². The molecule has 3 heteroatoms. The molecule has 0 fully saturated rings. The predicted octanol–water partition coefficient (Wildman–Crippen LogP) is 3.37. The molecule has 0 saturated carbocycles. The Balaban J connectivity index is 2.30. The lowest BCUT2D eigenvalue weighted by atomic mass is 10.1. The van der Waals surface area contributed by atoms with Gasteiger partial charge in [-0.05, 0) is 40.0 Å². The lowest BCUT2D eigenvalue weighted by Gasteiger charge is -1.99. The fraction of sp³-hybridized carbons (Fsp3) is 0.0769. The van der Waals surface area contributed by atoms with Crippen LogP contribution in [0.4, 0.5) is 0 Å². The highest BCUT2D eigenvalue weighted by atomic mass is 31.1. The summed E-state index contributed by atoms with van der Waals surface area (Å²) in [6.45, 7) is 0. The molecular weight excluding hydrogens is 219 g/mol. The summed E-state index contributed by atoms with van der Waals surface area (Å²) in [6, 6.07) is 17.7. The van der Waals surface area contributed by atoms with Crippen LogP contribution in [0.1, 0.15) is 0 Å². The van der Waals surface area contributed by atoms with E-state index >= 15 is 0 Å². The second kappa shape index (κ2) is 5.02. The summed E-state index contributed by atoms with van der Waals surface area (Å²) < 4.78 is 16.2. The topological polar surface area (TPSA) is 26.3 Å². The van der Waals surface area contributed by atoms with Crippen LogP contribution in [0.2, 0.25) is 0 Å². The van der Waals surface area contributed by atoms with Gasteiger partial charge in [0.1, 0.15) is 0 Å². The van der Waals surface area contributed by atoms with Crippen molar-refractivity contribution in [3.05, 3.63) is 54.6 Å². The maximum atomic E-state index is 11.4. The molecule has 16 heavy (non-hydrogen) atoms. The second-order valence-electron chi connectivity index (χ2n) is 3.35. The molecule has 0 aliphatic heterocycles. The van der Waals surface area contributed by atoms with E-state index in [4.69, 9.17) is 4.52 Å². The van der Waals surface area contributed by atoms with E-state index in [9.17, 15) is 4.57 Å². The Hall–Kier alpha value is -1.50. The van der Waals surface area contributed by atoms with E-state index in [0.717, 1.165) is 16.4 Å². The smallest absolute Gasteiger partial charge is 0.145 e. The first kappa shape index (κ1) is 11.0. The van der Waals surface area contributed by atoms with E-state index in [-0.39, 0.29) is 0 Å². The normalized spacial score (nSPS) is 11.2. The third kappa shape index (κ3) is 2.35. The van der Waals surface area contributed by atoms with E-state index < -0.39 is 8.03 Å². The van der Waals surface area contributed by atoms with Gasteiger partial charge in [-0.25, -0.2) is 0 Å². The van der Waals surface area contributed by atoms with Gasteiger partial charge in [0, 0.05) is 0 Å².